The Hall–Kier alpha value is -1.32. The Labute approximate surface area is 86.6 Å². The maximum absolute atomic E-state index is 12.2. The van der Waals surface area contributed by atoms with E-state index in [0.717, 1.165) is 18.1 Å². The summed E-state index contributed by atoms with van der Waals surface area (Å²) in [6.07, 6.45) is -4.35. The fourth-order valence-electron chi connectivity index (χ4n) is 1.27. The molecule has 0 aliphatic heterocycles. The number of hydrogen-bond acceptors (Lipinski definition) is 1. The van der Waals surface area contributed by atoms with Gasteiger partial charge in [-0.2, -0.15) is 13.2 Å². The summed E-state index contributed by atoms with van der Waals surface area (Å²) in [5.74, 6) is 0. The minimum absolute atomic E-state index is 0.349. The molecule has 0 spiro atoms. The van der Waals surface area contributed by atoms with Gasteiger partial charge in [-0.15, -0.1) is 0 Å². The highest BCUT2D eigenvalue weighted by molar-refractivity contribution is 5.89. The summed E-state index contributed by atoms with van der Waals surface area (Å²) in [7, 11) is 0. The highest BCUT2D eigenvalue weighted by atomic mass is 19.4. The summed E-state index contributed by atoms with van der Waals surface area (Å²) in [5.41, 5.74) is 1.34. The lowest BCUT2D eigenvalue weighted by molar-refractivity contribution is -0.0591. The zero-order chi connectivity index (χ0) is 11.6. The number of halogens is 3. The quantitative estimate of drug-likeness (QED) is 0.629. The molecule has 0 bridgehead atoms. The molecular weight excluding hydrogens is 203 g/mol. The van der Waals surface area contributed by atoms with Crippen LogP contribution in [-0.2, 0) is 0 Å². The maximum Gasteiger partial charge on any atom is 0.429 e. The molecule has 0 radical (unpaired) electrons. The number of nitrogens with zero attached hydrogens (tertiary/aromatic N) is 1. The Kier molecular flexibility index (Phi) is 3.17. The van der Waals surface area contributed by atoms with Crippen LogP contribution in [0.4, 0.5) is 18.9 Å². The molecule has 0 aromatic heterocycles. The van der Waals surface area contributed by atoms with Crippen LogP contribution in [0.15, 0.2) is 23.2 Å². The van der Waals surface area contributed by atoms with E-state index < -0.39 is 11.9 Å². The van der Waals surface area contributed by atoms with Crippen LogP contribution in [0.25, 0.3) is 0 Å². The molecule has 0 saturated carbocycles. The van der Waals surface area contributed by atoms with E-state index in [4.69, 9.17) is 0 Å². The van der Waals surface area contributed by atoms with Crippen molar-refractivity contribution in [1.29, 1.82) is 0 Å². The Bertz CT molecular complexity index is 371. The van der Waals surface area contributed by atoms with E-state index in [-0.39, 0.29) is 0 Å². The summed E-state index contributed by atoms with van der Waals surface area (Å²) in [6.45, 7) is 4.63. The number of aryl methyl sites for hydroxylation is 2. The van der Waals surface area contributed by atoms with Crippen LogP contribution >= 0.6 is 0 Å². The van der Waals surface area contributed by atoms with Gasteiger partial charge in [0.1, 0.15) is 5.71 Å². The first-order valence-electron chi connectivity index (χ1n) is 4.50. The van der Waals surface area contributed by atoms with Gasteiger partial charge in [-0.05, 0) is 44.0 Å². The van der Waals surface area contributed by atoms with Gasteiger partial charge in [0, 0.05) is 0 Å². The van der Waals surface area contributed by atoms with Crippen molar-refractivity contribution < 1.29 is 13.2 Å². The third-order valence-corrected chi connectivity index (χ3v) is 1.91. The Morgan fingerprint density at radius 2 is 1.53 bits per heavy atom. The van der Waals surface area contributed by atoms with Gasteiger partial charge in [-0.1, -0.05) is 6.07 Å². The van der Waals surface area contributed by atoms with Gasteiger partial charge in [-0.3, -0.25) is 0 Å². The summed E-state index contributed by atoms with van der Waals surface area (Å²) in [4.78, 5) is 3.54. The molecular formula is C11H12F3N. The standard InChI is InChI=1S/C11H12F3N/c1-7-4-8(2)6-10(5-7)15-9(3)11(12,13)14/h4-6H,1-3H3. The normalized spacial score (nSPS) is 13.1. The molecule has 1 aromatic carbocycles. The van der Waals surface area contributed by atoms with Gasteiger partial charge in [0.15, 0.2) is 0 Å². The highest BCUT2D eigenvalue weighted by Gasteiger charge is 2.31. The summed E-state index contributed by atoms with van der Waals surface area (Å²) in [5, 5.41) is 0. The first-order chi connectivity index (χ1) is 6.79. The van der Waals surface area contributed by atoms with Gasteiger partial charge in [-0.25, -0.2) is 4.99 Å². The molecule has 1 aromatic rings. The summed E-state index contributed by atoms with van der Waals surface area (Å²) < 4.78 is 36.6. The van der Waals surface area contributed by atoms with Crippen molar-refractivity contribution in [2.75, 3.05) is 0 Å². The van der Waals surface area contributed by atoms with Gasteiger partial charge in [0.2, 0.25) is 0 Å². The van der Waals surface area contributed by atoms with E-state index in [9.17, 15) is 13.2 Å². The molecule has 1 nitrogen and oxygen atoms in total. The second kappa shape index (κ2) is 4.04. The van der Waals surface area contributed by atoms with E-state index in [1.165, 1.54) is 0 Å². The van der Waals surface area contributed by atoms with E-state index in [1.807, 2.05) is 19.9 Å². The van der Waals surface area contributed by atoms with Crippen molar-refractivity contribution in [1.82, 2.24) is 0 Å². The molecule has 0 atom stereocenters. The van der Waals surface area contributed by atoms with Crippen LogP contribution < -0.4 is 0 Å². The zero-order valence-electron chi connectivity index (χ0n) is 8.81. The van der Waals surface area contributed by atoms with Gasteiger partial charge < -0.3 is 0 Å². The lowest BCUT2D eigenvalue weighted by Gasteiger charge is -2.06. The zero-order valence-corrected chi connectivity index (χ0v) is 8.81. The van der Waals surface area contributed by atoms with E-state index in [0.29, 0.717) is 5.69 Å². The first-order valence-corrected chi connectivity index (χ1v) is 4.50. The first kappa shape index (κ1) is 11.8. The van der Waals surface area contributed by atoms with E-state index >= 15 is 0 Å². The number of aliphatic imine (C=N–C) groups is 1. The number of hydrogen-bond donors (Lipinski definition) is 0. The Morgan fingerprint density at radius 3 is 1.93 bits per heavy atom. The molecule has 0 aliphatic rings. The molecule has 0 aliphatic carbocycles. The lowest BCUT2D eigenvalue weighted by Crippen LogP contribution is -2.18. The Morgan fingerprint density at radius 1 is 1.07 bits per heavy atom. The summed E-state index contributed by atoms with van der Waals surface area (Å²) in [6, 6.07) is 5.15. The average Bonchev–Trinajstić information content (AvgIpc) is 1.99. The largest absolute Gasteiger partial charge is 0.429 e. The molecule has 0 N–H and O–H groups in total. The van der Waals surface area contributed by atoms with Crippen LogP contribution in [0.1, 0.15) is 18.1 Å². The molecule has 1 rings (SSSR count). The molecule has 0 saturated heterocycles. The SMILES string of the molecule is CC(=Nc1cc(C)cc(C)c1)C(F)(F)F. The fraction of sp³-hybridized carbons (Fsp3) is 0.364. The number of alkyl halides is 3. The minimum Gasteiger partial charge on any atom is -0.249 e. The third kappa shape index (κ3) is 3.38. The van der Waals surface area contributed by atoms with Gasteiger partial charge >= 0.3 is 6.18 Å². The predicted octanol–water partition coefficient (Wildman–Crippen LogP) is 3.96. The molecule has 0 unspecified atom stereocenters. The average molecular weight is 215 g/mol. The van der Waals surface area contributed by atoms with Crippen LogP contribution in [0.2, 0.25) is 0 Å². The van der Waals surface area contributed by atoms with Crippen LogP contribution in [0.5, 0.6) is 0 Å². The van der Waals surface area contributed by atoms with Crippen molar-refractivity contribution in [3.8, 4) is 0 Å². The third-order valence-electron chi connectivity index (χ3n) is 1.91. The van der Waals surface area contributed by atoms with Crippen molar-refractivity contribution in [3.63, 3.8) is 0 Å². The highest BCUT2D eigenvalue weighted by Crippen LogP contribution is 2.22. The molecule has 82 valence electrons. The van der Waals surface area contributed by atoms with E-state index in [1.54, 1.807) is 12.1 Å². The van der Waals surface area contributed by atoms with Gasteiger partial charge in [0.25, 0.3) is 0 Å². The van der Waals surface area contributed by atoms with Crippen molar-refractivity contribution in [2.24, 2.45) is 4.99 Å². The summed E-state index contributed by atoms with van der Waals surface area (Å²) >= 11 is 0. The number of rotatable bonds is 1. The smallest absolute Gasteiger partial charge is 0.249 e. The maximum atomic E-state index is 12.2. The molecule has 0 amide bonds. The molecule has 0 heterocycles. The van der Waals surface area contributed by atoms with Crippen LogP contribution in [0, 0.1) is 13.8 Å². The second-order valence-corrected chi connectivity index (χ2v) is 3.54. The van der Waals surface area contributed by atoms with Crippen LogP contribution in [-0.4, -0.2) is 11.9 Å². The molecule has 0 fully saturated rings. The van der Waals surface area contributed by atoms with Crippen molar-refractivity contribution >= 4 is 11.4 Å². The van der Waals surface area contributed by atoms with Gasteiger partial charge in [0.05, 0.1) is 5.69 Å². The fourth-order valence-corrected chi connectivity index (χ4v) is 1.27. The lowest BCUT2D eigenvalue weighted by atomic mass is 10.1. The number of benzene rings is 1. The second-order valence-electron chi connectivity index (χ2n) is 3.54. The Balaban J connectivity index is 3.08. The monoisotopic (exact) mass is 215 g/mol. The topological polar surface area (TPSA) is 12.4 Å². The molecule has 4 heteroatoms. The molecule has 15 heavy (non-hydrogen) atoms. The minimum atomic E-state index is -4.35. The van der Waals surface area contributed by atoms with Crippen molar-refractivity contribution in [3.05, 3.63) is 29.3 Å². The van der Waals surface area contributed by atoms with Crippen molar-refractivity contribution in [2.45, 2.75) is 26.9 Å². The predicted molar refractivity (Wildman–Crippen MR) is 54.7 cm³/mol. The van der Waals surface area contributed by atoms with E-state index in [2.05, 4.69) is 4.99 Å². The van der Waals surface area contributed by atoms with Crippen LogP contribution in [0.3, 0.4) is 0 Å².